The molecule has 178 valence electrons. The number of aliphatic imine (C=N–C) groups is 1. The van der Waals surface area contributed by atoms with Crippen molar-refractivity contribution in [3.63, 3.8) is 0 Å². The number of hydrogen-bond acceptors (Lipinski definition) is 4. The Morgan fingerprint density at radius 1 is 0.743 bits per heavy atom. The van der Waals surface area contributed by atoms with Crippen LogP contribution in [0.5, 0.6) is 0 Å². The van der Waals surface area contributed by atoms with Gasteiger partial charge >= 0.3 is 0 Å². The molecule has 0 N–H and O–H groups in total. The zero-order chi connectivity index (χ0) is 23.5. The van der Waals surface area contributed by atoms with Gasteiger partial charge in [-0.1, -0.05) is 72.8 Å². The smallest absolute Gasteiger partial charge is 0.0867 e. The Morgan fingerprint density at radius 3 is 2.11 bits per heavy atom. The minimum Gasteiger partial charge on any atom is -0.374 e. The van der Waals surface area contributed by atoms with Gasteiger partial charge in [-0.25, -0.2) is 0 Å². The van der Waals surface area contributed by atoms with Crippen LogP contribution >= 0.6 is 0 Å². The Labute approximate surface area is 209 Å². The molecule has 3 aromatic rings. The van der Waals surface area contributed by atoms with Crippen molar-refractivity contribution in [1.82, 2.24) is 9.80 Å². The van der Waals surface area contributed by atoms with Gasteiger partial charge < -0.3 is 9.80 Å². The van der Waals surface area contributed by atoms with Gasteiger partial charge in [0.1, 0.15) is 0 Å². The van der Waals surface area contributed by atoms with E-state index in [1.165, 1.54) is 41.8 Å². The molecule has 6 rings (SSSR count). The van der Waals surface area contributed by atoms with Gasteiger partial charge in [0.05, 0.1) is 29.3 Å². The molecule has 0 amide bonds. The third-order valence-electron chi connectivity index (χ3n) is 7.82. The van der Waals surface area contributed by atoms with E-state index in [1.54, 1.807) is 0 Å². The molecule has 3 aliphatic rings. The topological polar surface area (TPSA) is 22.1 Å². The average Bonchev–Trinajstić information content (AvgIpc) is 2.94. The molecule has 3 aliphatic heterocycles. The van der Waals surface area contributed by atoms with Crippen LogP contribution in [0, 0.1) is 5.92 Å². The summed E-state index contributed by atoms with van der Waals surface area (Å²) in [6, 6.07) is 30.8. The van der Waals surface area contributed by atoms with E-state index in [0.29, 0.717) is 6.04 Å². The van der Waals surface area contributed by atoms with Gasteiger partial charge in [0, 0.05) is 25.8 Å². The predicted molar refractivity (Wildman–Crippen MR) is 145 cm³/mol. The molecule has 0 aliphatic carbocycles. The van der Waals surface area contributed by atoms with Gasteiger partial charge in [0.2, 0.25) is 0 Å². The number of rotatable bonds is 6. The zero-order valence-corrected chi connectivity index (χ0v) is 20.3. The SMILES string of the molecule is C1=Nc2ccccc2N2CCN(CCC3CCN(C(c4ccccc4)c4ccccc4)CC3)C=C12. The number of hydrogen-bond donors (Lipinski definition) is 0. The van der Waals surface area contributed by atoms with E-state index in [2.05, 4.69) is 111 Å². The number of benzene rings is 3. The second-order valence-electron chi connectivity index (χ2n) is 9.98. The monoisotopic (exact) mass is 462 g/mol. The molecule has 1 saturated heterocycles. The summed E-state index contributed by atoms with van der Waals surface area (Å²) in [5, 5.41) is 0. The van der Waals surface area contributed by atoms with E-state index in [0.717, 1.165) is 44.3 Å². The second kappa shape index (κ2) is 10.1. The van der Waals surface area contributed by atoms with Crippen molar-refractivity contribution in [2.24, 2.45) is 10.9 Å². The van der Waals surface area contributed by atoms with Crippen molar-refractivity contribution in [3.8, 4) is 0 Å². The fourth-order valence-corrected chi connectivity index (χ4v) is 5.89. The minimum atomic E-state index is 0.352. The lowest BCUT2D eigenvalue weighted by Crippen LogP contribution is -2.41. The zero-order valence-electron chi connectivity index (χ0n) is 20.3. The molecule has 4 heteroatoms. The van der Waals surface area contributed by atoms with Gasteiger partial charge in [-0.2, -0.15) is 0 Å². The standard InChI is InChI=1S/C31H34N4/c1-3-9-26(10-4-1)31(27-11-5-2-6-12-27)34-19-16-25(17-20-34)15-18-33-21-22-35-28(24-33)23-32-29-13-7-8-14-30(29)35/h1-14,23-25,31H,15-22H2. The van der Waals surface area contributed by atoms with Gasteiger partial charge in [-0.3, -0.25) is 9.89 Å². The molecule has 0 saturated carbocycles. The number of fused-ring (bicyclic) bond motifs is 3. The van der Waals surface area contributed by atoms with E-state index in [9.17, 15) is 0 Å². The van der Waals surface area contributed by atoms with E-state index < -0.39 is 0 Å². The summed E-state index contributed by atoms with van der Waals surface area (Å²) in [5.74, 6) is 0.802. The molecule has 1 fully saturated rings. The third kappa shape index (κ3) is 4.76. The number of nitrogens with zero attached hydrogens (tertiary/aromatic N) is 4. The highest BCUT2D eigenvalue weighted by Gasteiger charge is 2.28. The maximum atomic E-state index is 4.67. The Morgan fingerprint density at radius 2 is 1.40 bits per heavy atom. The highest BCUT2D eigenvalue weighted by atomic mass is 15.3. The molecule has 0 atom stereocenters. The molecule has 0 aromatic heterocycles. The van der Waals surface area contributed by atoms with Gasteiger partial charge in [-0.05, 0) is 61.5 Å². The maximum absolute atomic E-state index is 4.67. The van der Waals surface area contributed by atoms with Crippen LogP contribution in [0.3, 0.4) is 0 Å². The quantitative estimate of drug-likeness (QED) is 0.432. The number of allylic oxidation sites excluding steroid dienone is 1. The lowest BCUT2D eigenvalue weighted by Gasteiger charge is -2.40. The van der Waals surface area contributed by atoms with Crippen molar-refractivity contribution in [3.05, 3.63) is 108 Å². The fourth-order valence-electron chi connectivity index (χ4n) is 5.89. The van der Waals surface area contributed by atoms with Crippen molar-refractivity contribution in [1.29, 1.82) is 0 Å². The summed E-state index contributed by atoms with van der Waals surface area (Å²) in [6.45, 7) is 5.57. The summed E-state index contributed by atoms with van der Waals surface area (Å²) in [4.78, 5) is 12.3. The maximum Gasteiger partial charge on any atom is 0.0867 e. The lowest BCUT2D eigenvalue weighted by molar-refractivity contribution is 0.142. The van der Waals surface area contributed by atoms with Crippen LogP contribution in [-0.2, 0) is 0 Å². The van der Waals surface area contributed by atoms with Crippen molar-refractivity contribution in [2.75, 3.05) is 37.6 Å². The second-order valence-corrected chi connectivity index (χ2v) is 9.98. The highest BCUT2D eigenvalue weighted by Crippen LogP contribution is 2.36. The molecular weight excluding hydrogens is 428 g/mol. The Balaban J connectivity index is 1.06. The minimum absolute atomic E-state index is 0.352. The van der Waals surface area contributed by atoms with E-state index in [1.807, 2.05) is 6.21 Å². The van der Waals surface area contributed by atoms with Gasteiger partial charge in [0.25, 0.3) is 0 Å². The lowest BCUT2D eigenvalue weighted by atomic mass is 9.89. The summed E-state index contributed by atoms with van der Waals surface area (Å²) >= 11 is 0. The molecule has 3 heterocycles. The van der Waals surface area contributed by atoms with E-state index in [4.69, 9.17) is 0 Å². The Hall–Kier alpha value is -3.37. The molecular formula is C31H34N4. The molecule has 35 heavy (non-hydrogen) atoms. The number of anilines is 1. The van der Waals surface area contributed by atoms with Gasteiger partial charge in [0.15, 0.2) is 0 Å². The van der Waals surface area contributed by atoms with Crippen LogP contribution in [0.2, 0.25) is 0 Å². The van der Waals surface area contributed by atoms with Crippen LogP contribution in [0.1, 0.15) is 36.4 Å². The average molecular weight is 463 g/mol. The van der Waals surface area contributed by atoms with Crippen molar-refractivity contribution >= 4 is 17.6 Å². The summed E-state index contributed by atoms with van der Waals surface area (Å²) < 4.78 is 0. The molecule has 4 nitrogen and oxygen atoms in total. The summed E-state index contributed by atoms with van der Waals surface area (Å²) in [5.41, 5.74) is 6.34. The Kier molecular flexibility index (Phi) is 6.37. The first kappa shape index (κ1) is 22.1. The van der Waals surface area contributed by atoms with Crippen LogP contribution in [0.15, 0.2) is 102 Å². The number of likely N-dealkylation sites (tertiary alicyclic amines) is 1. The van der Waals surface area contributed by atoms with E-state index >= 15 is 0 Å². The Bertz CT molecular complexity index is 1140. The molecule has 0 spiro atoms. The number of para-hydroxylation sites is 2. The third-order valence-corrected chi connectivity index (χ3v) is 7.82. The largest absolute Gasteiger partial charge is 0.374 e. The summed E-state index contributed by atoms with van der Waals surface area (Å²) in [7, 11) is 0. The van der Waals surface area contributed by atoms with Gasteiger partial charge in [-0.15, -0.1) is 0 Å². The van der Waals surface area contributed by atoms with Crippen LogP contribution in [-0.4, -0.2) is 48.7 Å². The van der Waals surface area contributed by atoms with Crippen LogP contribution in [0.25, 0.3) is 0 Å². The first-order chi connectivity index (χ1) is 17.3. The predicted octanol–water partition coefficient (Wildman–Crippen LogP) is 6.26. The fraction of sp³-hybridized carbons (Fsp3) is 0.323. The molecule has 0 unspecified atom stereocenters. The van der Waals surface area contributed by atoms with Crippen LogP contribution < -0.4 is 4.90 Å². The van der Waals surface area contributed by atoms with Crippen LogP contribution in [0.4, 0.5) is 11.4 Å². The molecule has 0 radical (unpaired) electrons. The van der Waals surface area contributed by atoms with Crippen molar-refractivity contribution < 1.29 is 0 Å². The number of piperidine rings is 1. The molecule has 3 aromatic carbocycles. The normalized spacial score (nSPS) is 18.4. The highest BCUT2D eigenvalue weighted by molar-refractivity contribution is 5.93. The summed E-state index contributed by atoms with van der Waals surface area (Å²) in [6.07, 6.45) is 8.18. The van der Waals surface area contributed by atoms with Crippen molar-refractivity contribution in [2.45, 2.75) is 25.3 Å². The first-order valence-corrected chi connectivity index (χ1v) is 13.1. The molecule has 0 bridgehead atoms. The van der Waals surface area contributed by atoms with E-state index in [-0.39, 0.29) is 0 Å². The first-order valence-electron chi connectivity index (χ1n) is 13.1.